The fourth-order valence-electron chi connectivity index (χ4n) is 2.18. The molecule has 1 amide bonds. The predicted octanol–water partition coefficient (Wildman–Crippen LogP) is 2.50. The van der Waals surface area contributed by atoms with Crippen LogP contribution >= 0.6 is 0 Å². The fraction of sp³-hybridized carbons (Fsp3) is 0.222. The lowest BCUT2D eigenvalue weighted by Gasteiger charge is -2.16. The van der Waals surface area contributed by atoms with Gasteiger partial charge in [-0.1, -0.05) is 60.7 Å². The van der Waals surface area contributed by atoms with Crippen LogP contribution in [0.5, 0.6) is 0 Å². The van der Waals surface area contributed by atoms with Crippen molar-refractivity contribution < 1.29 is 14.7 Å². The van der Waals surface area contributed by atoms with Gasteiger partial charge in [-0.25, -0.2) is 0 Å². The van der Waals surface area contributed by atoms with Gasteiger partial charge in [0.2, 0.25) is 5.91 Å². The minimum absolute atomic E-state index is 0.0593. The average Bonchev–Trinajstić information content (AvgIpc) is 2.59. The highest BCUT2D eigenvalue weighted by atomic mass is 16.3. The van der Waals surface area contributed by atoms with Crippen molar-refractivity contribution in [2.24, 2.45) is 0 Å². The van der Waals surface area contributed by atoms with Gasteiger partial charge in [0.05, 0.1) is 12.6 Å². The third kappa shape index (κ3) is 4.53. The molecule has 2 N–H and O–H groups in total. The SMILES string of the molecule is O=C(CCC(=O)c1ccccc1)NC(CO)c1ccccc1. The summed E-state index contributed by atoms with van der Waals surface area (Å²) in [6.45, 7) is -0.178. The van der Waals surface area contributed by atoms with Gasteiger partial charge in [0.1, 0.15) is 0 Å². The first-order valence-electron chi connectivity index (χ1n) is 7.24. The Bertz CT molecular complexity index is 611. The maximum Gasteiger partial charge on any atom is 0.221 e. The zero-order chi connectivity index (χ0) is 15.8. The normalized spacial score (nSPS) is 11.7. The van der Waals surface area contributed by atoms with E-state index in [-0.39, 0.29) is 31.1 Å². The van der Waals surface area contributed by atoms with Gasteiger partial charge in [-0.05, 0) is 5.56 Å². The van der Waals surface area contributed by atoms with Gasteiger partial charge in [0.15, 0.2) is 5.78 Å². The maximum atomic E-state index is 11.9. The summed E-state index contributed by atoms with van der Waals surface area (Å²) in [6, 6.07) is 17.7. The van der Waals surface area contributed by atoms with E-state index in [9.17, 15) is 14.7 Å². The highest BCUT2D eigenvalue weighted by molar-refractivity contribution is 5.97. The Balaban J connectivity index is 1.86. The van der Waals surface area contributed by atoms with Crippen LogP contribution in [0, 0.1) is 0 Å². The number of nitrogens with one attached hydrogen (secondary N) is 1. The summed E-state index contributed by atoms with van der Waals surface area (Å²) in [7, 11) is 0. The van der Waals surface area contributed by atoms with E-state index in [0.29, 0.717) is 5.56 Å². The standard InChI is InChI=1S/C18H19NO3/c20-13-16(14-7-3-1-4-8-14)19-18(22)12-11-17(21)15-9-5-2-6-10-15/h1-10,16,20H,11-13H2,(H,19,22). The van der Waals surface area contributed by atoms with Gasteiger partial charge < -0.3 is 10.4 Å². The van der Waals surface area contributed by atoms with Crippen LogP contribution in [0.4, 0.5) is 0 Å². The molecule has 0 aliphatic rings. The van der Waals surface area contributed by atoms with Crippen LogP contribution in [0.15, 0.2) is 60.7 Å². The Morgan fingerprint density at radius 3 is 2.09 bits per heavy atom. The Hall–Kier alpha value is -2.46. The molecule has 0 bridgehead atoms. The van der Waals surface area contributed by atoms with Crippen LogP contribution in [0.25, 0.3) is 0 Å². The third-order valence-electron chi connectivity index (χ3n) is 3.39. The number of amides is 1. The first-order chi connectivity index (χ1) is 10.7. The molecule has 4 heteroatoms. The van der Waals surface area contributed by atoms with Gasteiger partial charge in [-0.2, -0.15) is 0 Å². The summed E-state index contributed by atoms with van der Waals surface area (Å²) in [5.74, 6) is -0.303. The van der Waals surface area contributed by atoms with E-state index >= 15 is 0 Å². The molecule has 2 aromatic rings. The van der Waals surface area contributed by atoms with Crippen molar-refractivity contribution in [3.05, 3.63) is 71.8 Å². The molecule has 0 aliphatic heterocycles. The van der Waals surface area contributed by atoms with Crippen molar-refractivity contribution in [1.82, 2.24) is 5.32 Å². The lowest BCUT2D eigenvalue weighted by Crippen LogP contribution is -2.30. The number of ketones is 1. The minimum Gasteiger partial charge on any atom is -0.394 e. The molecule has 0 heterocycles. The molecule has 2 aromatic carbocycles. The Labute approximate surface area is 129 Å². The number of hydrogen-bond acceptors (Lipinski definition) is 3. The lowest BCUT2D eigenvalue weighted by atomic mass is 10.1. The second-order valence-electron chi connectivity index (χ2n) is 5.00. The number of aliphatic hydroxyl groups excluding tert-OH is 1. The molecule has 0 saturated heterocycles. The quantitative estimate of drug-likeness (QED) is 0.772. The summed E-state index contributed by atoms with van der Waals surface area (Å²) < 4.78 is 0. The van der Waals surface area contributed by atoms with Crippen LogP contribution < -0.4 is 5.32 Å². The molecule has 0 fully saturated rings. The first kappa shape index (κ1) is 15.9. The van der Waals surface area contributed by atoms with Gasteiger partial charge >= 0.3 is 0 Å². The summed E-state index contributed by atoms with van der Waals surface area (Å²) in [4.78, 5) is 23.9. The molecule has 114 valence electrons. The third-order valence-corrected chi connectivity index (χ3v) is 3.39. The Morgan fingerprint density at radius 2 is 1.50 bits per heavy atom. The molecule has 0 spiro atoms. The molecular formula is C18H19NO3. The van der Waals surface area contributed by atoms with E-state index in [1.807, 2.05) is 36.4 Å². The van der Waals surface area contributed by atoms with Crippen LogP contribution in [0.1, 0.15) is 34.8 Å². The number of rotatable bonds is 7. The number of carbonyl (C=O) groups is 2. The molecule has 2 rings (SSSR count). The van der Waals surface area contributed by atoms with Crippen LogP contribution in [-0.2, 0) is 4.79 Å². The Morgan fingerprint density at radius 1 is 0.909 bits per heavy atom. The van der Waals surface area contributed by atoms with Gasteiger partial charge in [0.25, 0.3) is 0 Å². The molecule has 22 heavy (non-hydrogen) atoms. The van der Waals surface area contributed by atoms with Gasteiger partial charge in [-0.3, -0.25) is 9.59 Å². The molecule has 0 saturated carbocycles. The Kier molecular flexibility index (Phi) is 5.86. The lowest BCUT2D eigenvalue weighted by molar-refractivity contribution is -0.122. The molecule has 0 aliphatic carbocycles. The van der Waals surface area contributed by atoms with E-state index in [1.165, 1.54) is 0 Å². The molecular weight excluding hydrogens is 278 g/mol. The average molecular weight is 297 g/mol. The fourth-order valence-corrected chi connectivity index (χ4v) is 2.18. The molecule has 0 aromatic heterocycles. The van der Waals surface area contributed by atoms with Crippen LogP contribution in [-0.4, -0.2) is 23.4 Å². The van der Waals surface area contributed by atoms with E-state index < -0.39 is 6.04 Å². The first-order valence-corrected chi connectivity index (χ1v) is 7.24. The van der Waals surface area contributed by atoms with Crippen molar-refractivity contribution in [3.8, 4) is 0 Å². The van der Waals surface area contributed by atoms with E-state index in [2.05, 4.69) is 5.32 Å². The minimum atomic E-state index is -0.444. The number of hydrogen-bond donors (Lipinski definition) is 2. The summed E-state index contributed by atoms with van der Waals surface area (Å²) in [5, 5.41) is 12.2. The molecule has 0 radical (unpaired) electrons. The number of carbonyl (C=O) groups excluding carboxylic acids is 2. The highest BCUT2D eigenvalue weighted by Crippen LogP contribution is 2.12. The van der Waals surface area contributed by atoms with Crippen molar-refractivity contribution in [3.63, 3.8) is 0 Å². The summed E-state index contributed by atoms with van der Waals surface area (Å²) >= 11 is 0. The van der Waals surface area contributed by atoms with E-state index in [0.717, 1.165) is 5.56 Å². The zero-order valence-corrected chi connectivity index (χ0v) is 12.2. The van der Waals surface area contributed by atoms with Crippen molar-refractivity contribution in [2.75, 3.05) is 6.61 Å². The predicted molar refractivity (Wildman–Crippen MR) is 84.4 cm³/mol. The molecule has 1 atom stereocenters. The smallest absolute Gasteiger partial charge is 0.221 e. The van der Waals surface area contributed by atoms with E-state index in [1.54, 1.807) is 24.3 Å². The monoisotopic (exact) mass is 297 g/mol. The highest BCUT2D eigenvalue weighted by Gasteiger charge is 2.14. The van der Waals surface area contributed by atoms with E-state index in [4.69, 9.17) is 0 Å². The maximum absolute atomic E-state index is 11.9. The molecule has 4 nitrogen and oxygen atoms in total. The summed E-state index contributed by atoms with van der Waals surface area (Å²) in [5.41, 5.74) is 1.45. The van der Waals surface area contributed by atoms with Crippen LogP contribution in [0.3, 0.4) is 0 Å². The van der Waals surface area contributed by atoms with Crippen LogP contribution in [0.2, 0.25) is 0 Å². The van der Waals surface area contributed by atoms with Crippen molar-refractivity contribution in [2.45, 2.75) is 18.9 Å². The van der Waals surface area contributed by atoms with Crippen molar-refractivity contribution >= 4 is 11.7 Å². The zero-order valence-electron chi connectivity index (χ0n) is 12.2. The number of Topliss-reactive ketones (excluding diaryl/α,β-unsaturated/α-hetero) is 1. The largest absolute Gasteiger partial charge is 0.394 e. The van der Waals surface area contributed by atoms with Gasteiger partial charge in [-0.15, -0.1) is 0 Å². The number of aliphatic hydroxyl groups is 1. The second-order valence-corrected chi connectivity index (χ2v) is 5.00. The van der Waals surface area contributed by atoms with Gasteiger partial charge in [0, 0.05) is 18.4 Å². The molecule has 1 unspecified atom stereocenters. The topological polar surface area (TPSA) is 66.4 Å². The van der Waals surface area contributed by atoms with Crippen molar-refractivity contribution in [1.29, 1.82) is 0 Å². The summed E-state index contributed by atoms with van der Waals surface area (Å²) in [6.07, 6.45) is 0.264. The second kappa shape index (κ2) is 8.10. The number of benzene rings is 2.